The van der Waals surface area contributed by atoms with E-state index in [9.17, 15) is 14.1 Å². The van der Waals surface area contributed by atoms with Crippen LogP contribution in [0.3, 0.4) is 0 Å². The van der Waals surface area contributed by atoms with E-state index in [0.717, 1.165) is 5.56 Å². The molecule has 1 N–H and O–H groups in total. The second kappa shape index (κ2) is 10.1. The van der Waals surface area contributed by atoms with Crippen molar-refractivity contribution in [3.63, 3.8) is 0 Å². The van der Waals surface area contributed by atoms with Gasteiger partial charge in [0.2, 0.25) is 0 Å². The van der Waals surface area contributed by atoms with Crippen LogP contribution in [0.25, 0.3) is 0 Å². The van der Waals surface area contributed by atoms with Crippen molar-refractivity contribution in [1.29, 1.82) is 0 Å². The van der Waals surface area contributed by atoms with Gasteiger partial charge in [-0.05, 0) is 69.7 Å². The molecule has 0 heterocycles. The Hall–Kier alpha value is -2.96. The van der Waals surface area contributed by atoms with Crippen LogP contribution in [-0.4, -0.2) is 26.1 Å². The number of esters is 1. The Morgan fingerprint density at radius 3 is 2.00 bits per heavy atom. The van der Waals surface area contributed by atoms with Gasteiger partial charge in [-0.25, -0.2) is 0 Å². The van der Waals surface area contributed by atoms with E-state index in [1.165, 1.54) is 0 Å². The summed E-state index contributed by atoms with van der Waals surface area (Å²) in [6.07, 6.45) is -1.32. The normalized spacial score (nSPS) is 14.3. The number of carbonyl (C=O) groups is 1. The molecule has 0 saturated carbocycles. The van der Waals surface area contributed by atoms with E-state index in [4.69, 9.17) is 9.47 Å². The second-order valence-electron chi connectivity index (χ2n) is 8.49. The number of benzene rings is 3. The summed E-state index contributed by atoms with van der Waals surface area (Å²) in [5.41, 5.74) is 0.677. The number of hydrogen-bond acceptors (Lipinski definition) is 5. The summed E-state index contributed by atoms with van der Waals surface area (Å²) in [5, 5.41) is 9.80. The van der Waals surface area contributed by atoms with E-state index >= 15 is 0 Å². The fourth-order valence-corrected chi connectivity index (χ4v) is 4.36. The van der Waals surface area contributed by atoms with Crippen LogP contribution >= 0.6 is 0 Å². The molecule has 0 bridgehead atoms. The minimum absolute atomic E-state index is 0.446. The van der Waals surface area contributed by atoms with Crippen LogP contribution in [0.2, 0.25) is 0 Å². The van der Waals surface area contributed by atoms with Crippen molar-refractivity contribution in [2.75, 3.05) is 0 Å². The largest absolute Gasteiger partial charge is 0.459 e. The van der Waals surface area contributed by atoms with Gasteiger partial charge in [-0.15, -0.1) is 0 Å². The maximum atomic E-state index is 13.3. The average molecular weight is 453 g/mol. The Morgan fingerprint density at radius 2 is 1.44 bits per heavy atom. The predicted octanol–water partition coefficient (Wildman–Crippen LogP) is 5.34. The van der Waals surface area contributed by atoms with E-state index in [-0.39, 0.29) is 0 Å². The first-order valence-electron chi connectivity index (χ1n) is 10.3. The summed E-state index contributed by atoms with van der Waals surface area (Å²) >= 11 is 0. The molecule has 0 fully saturated rings. The molecule has 6 heteroatoms. The lowest BCUT2D eigenvalue weighted by Gasteiger charge is -2.26. The Morgan fingerprint density at radius 1 is 0.875 bits per heavy atom. The van der Waals surface area contributed by atoms with Gasteiger partial charge in [0.05, 0.1) is 10.8 Å². The first kappa shape index (κ1) is 23.7. The highest BCUT2D eigenvalue weighted by Gasteiger charge is 2.38. The number of aryl methyl sites for hydroxylation is 1. The zero-order valence-electron chi connectivity index (χ0n) is 18.6. The minimum atomic E-state index is -1.82. The average Bonchev–Trinajstić information content (AvgIpc) is 2.74. The molecule has 3 aromatic rings. The molecule has 0 radical (unpaired) electrons. The Balaban J connectivity index is 1.86. The maximum Gasteiger partial charge on any atom is 0.325 e. The van der Waals surface area contributed by atoms with E-state index in [0.29, 0.717) is 22.0 Å². The molecule has 32 heavy (non-hydrogen) atoms. The van der Waals surface area contributed by atoms with E-state index in [2.05, 4.69) is 0 Å². The van der Waals surface area contributed by atoms with Gasteiger partial charge in [0.25, 0.3) is 0 Å². The first-order chi connectivity index (χ1) is 15.1. The predicted molar refractivity (Wildman–Crippen MR) is 125 cm³/mol. The molecule has 0 aliphatic carbocycles. The highest BCUT2D eigenvalue weighted by molar-refractivity contribution is 7.86. The Bertz CT molecular complexity index is 1050. The summed E-state index contributed by atoms with van der Waals surface area (Å²) in [4.78, 5) is 13.4. The van der Waals surface area contributed by atoms with E-state index in [1.54, 1.807) is 57.2 Å². The van der Waals surface area contributed by atoms with Crippen LogP contribution in [0.5, 0.6) is 11.5 Å². The van der Waals surface area contributed by atoms with Crippen LogP contribution < -0.4 is 4.74 Å². The highest BCUT2D eigenvalue weighted by atomic mass is 32.2. The fraction of sp³-hybridized carbons (Fsp3) is 0.269. The third-order valence-electron chi connectivity index (χ3n) is 4.61. The van der Waals surface area contributed by atoms with Crippen LogP contribution in [0.15, 0.2) is 83.8 Å². The highest BCUT2D eigenvalue weighted by Crippen LogP contribution is 2.29. The summed E-state index contributed by atoms with van der Waals surface area (Å²) in [5.74, 6) is 0.557. The molecular formula is C26H28O5S. The van der Waals surface area contributed by atoms with Gasteiger partial charge < -0.3 is 14.6 Å². The fourth-order valence-electron chi connectivity index (χ4n) is 3.04. The molecule has 0 spiro atoms. The number of aliphatic hydroxyl groups excluding tert-OH is 1. The number of para-hydroxylation sites is 1. The van der Waals surface area contributed by atoms with Crippen molar-refractivity contribution in [2.24, 2.45) is 0 Å². The second-order valence-corrected chi connectivity index (χ2v) is 10.1. The standard InChI is InChI=1S/C26H28O5S/c1-18-10-16-22(17-11-18)32(29)24(25(28)31-26(2,3)4)23(27)19-12-14-21(15-13-19)30-20-8-6-5-7-9-20/h5-17,23-24,27H,1-4H3/t23-,24?,32-/m0/s1. The number of carbonyl (C=O) groups excluding carboxylic acids is 1. The van der Waals surface area contributed by atoms with Crippen molar-refractivity contribution in [1.82, 2.24) is 0 Å². The first-order valence-corrected chi connectivity index (χ1v) is 11.6. The molecule has 3 atom stereocenters. The quantitative estimate of drug-likeness (QED) is 0.490. The van der Waals surface area contributed by atoms with Crippen LogP contribution in [0.4, 0.5) is 0 Å². The number of rotatable bonds is 7. The molecule has 0 aliphatic heterocycles. The van der Waals surface area contributed by atoms with Gasteiger partial charge >= 0.3 is 5.97 Å². The minimum Gasteiger partial charge on any atom is -0.459 e. The smallest absolute Gasteiger partial charge is 0.325 e. The SMILES string of the molecule is Cc1ccc([S@](=O)C(C(=O)OC(C)(C)C)[C@@H](O)c2ccc(Oc3ccccc3)cc2)cc1. The van der Waals surface area contributed by atoms with Crippen molar-refractivity contribution in [2.45, 2.75) is 49.5 Å². The molecule has 0 amide bonds. The maximum absolute atomic E-state index is 13.3. The number of aliphatic hydroxyl groups is 1. The van der Waals surface area contributed by atoms with Crippen LogP contribution in [0, 0.1) is 6.92 Å². The molecule has 0 aromatic heterocycles. The van der Waals surface area contributed by atoms with Crippen molar-refractivity contribution >= 4 is 16.8 Å². The van der Waals surface area contributed by atoms with E-state index < -0.39 is 33.7 Å². The third kappa shape index (κ3) is 6.28. The summed E-state index contributed by atoms with van der Waals surface area (Å²) in [6, 6.07) is 23.1. The zero-order valence-corrected chi connectivity index (χ0v) is 19.5. The summed E-state index contributed by atoms with van der Waals surface area (Å²) in [6.45, 7) is 7.13. The molecule has 168 valence electrons. The summed E-state index contributed by atoms with van der Waals surface area (Å²) in [7, 11) is -1.82. The molecule has 0 aliphatic rings. The molecule has 3 rings (SSSR count). The molecule has 0 saturated heterocycles. The van der Waals surface area contributed by atoms with Crippen molar-refractivity contribution in [3.8, 4) is 11.5 Å². The number of hydrogen-bond donors (Lipinski definition) is 1. The lowest BCUT2D eigenvalue weighted by molar-refractivity contribution is -0.156. The van der Waals surface area contributed by atoms with Gasteiger partial charge in [0.15, 0.2) is 5.25 Å². The lowest BCUT2D eigenvalue weighted by Crippen LogP contribution is -2.38. The molecule has 1 unspecified atom stereocenters. The number of ether oxygens (including phenoxy) is 2. The monoisotopic (exact) mass is 452 g/mol. The van der Waals surface area contributed by atoms with Crippen molar-refractivity contribution < 1.29 is 23.6 Å². The lowest BCUT2D eigenvalue weighted by atomic mass is 10.1. The molecule has 5 nitrogen and oxygen atoms in total. The van der Waals surface area contributed by atoms with E-state index in [1.807, 2.05) is 49.4 Å². The zero-order chi connectivity index (χ0) is 23.3. The summed E-state index contributed by atoms with van der Waals surface area (Å²) < 4.78 is 24.6. The van der Waals surface area contributed by atoms with Gasteiger partial charge in [0.1, 0.15) is 23.2 Å². The van der Waals surface area contributed by atoms with Gasteiger partial charge in [-0.1, -0.05) is 48.0 Å². The topological polar surface area (TPSA) is 72.8 Å². The molecule has 3 aromatic carbocycles. The van der Waals surface area contributed by atoms with Gasteiger partial charge in [-0.3, -0.25) is 9.00 Å². The molecular weight excluding hydrogens is 424 g/mol. The van der Waals surface area contributed by atoms with Gasteiger partial charge in [0, 0.05) is 4.90 Å². The van der Waals surface area contributed by atoms with Crippen LogP contribution in [-0.2, 0) is 20.3 Å². The Labute approximate surface area is 191 Å². The van der Waals surface area contributed by atoms with Gasteiger partial charge in [-0.2, -0.15) is 0 Å². The Kier molecular flexibility index (Phi) is 7.48. The third-order valence-corrected chi connectivity index (χ3v) is 6.26. The van der Waals surface area contributed by atoms with Crippen molar-refractivity contribution in [3.05, 3.63) is 90.0 Å². The van der Waals surface area contributed by atoms with Crippen LogP contribution in [0.1, 0.15) is 38.0 Å².